The first-order valence-corrected chi connectivity index (χ1v) is 7.23. The smallest absolute Gasteiger partial charge is 0.123 e. The molecule has 0 bridgehead atoms. The zero-order chi connectivity index (χ0) is 15.1. The van der Waals surface area contributed by atoms with Crippen molar-refractivity contribution in [1.82, 2.24) is 0 Å². The molecule has 0 amide bonds. The van der Waals surface area contributed by atoms with E-state index in [1.165, 1.54) is 0 Å². The standard InChI is InChI=1S/C16H16Cl2O3/c1-19-7-8-20-14-3-2-4-15(10-14)21-11-12-5-6-13(17)9-16(12)18/h2-6,9-10H,7-8,11H2,1H3. The van der Waals surface area contributed by atoms with Crippen molar-refractivity contribution in [3.05, 3.63) is 58.1 Å². The first-order chi connectivity index (χ1) is 10.2. The molecule has 21 heavy (non-hydrogen) atoms. The zero-order valence-corrected chi connectivity index (χ0v) is 13.2. The number of ether oxygens (including phenoxy) is 3. The lowest BCUT2D eigenvalue weighted by Gasteiger charge is -2.10. The molecule has 112 valence electrons. The minimum atomic E-state index is 0.373. The van der Waals surface area contributed by atoms with Gasteiger partial charge in [0, 0.05) is 28.8 Å². The van der Waals surface area contributed by atoms with Gasteiger partial charge >= 0.3 is 0 Å². The normalized spacial score (nSPS) is 10.4. The van der Waals surface area contributed by atoms with Gasteiger partial charge in [0.1, 0.15) is 24.7 Å². The van der Waals surface area contributed by atoms with E-state index < -0.39 is 0 Å². The van der Waals surface area contributed by atoms with Crippen LogP contribution in [0, 0.1) is 0 Å². The molecule has 2 aromatic carbocycles. The molecule has 0 aliphatic carbocycles. The highest BCUT2D eigenvalue weighted by Gasteiger charge is 2.03. The Hall–Kier alpha value is -1.42. The van der Waals surface area contributed by atoms with Gasteiger partial charge in [-0.05, 0) is 24.3 Å². The minimum absolute atomic E-state index is 0.373. The summed E-state index contributed by atoms with van der Waals surface area (Å²) in [7, 11) is 1.64. The van der Waals surface area contributed by atoms with E-state index >= 15 is 0 Å². The van der Waals surface area contributed by atoms with Gasteiger partial charge in [0.2, 0.25) is 0 Å². The van der Waals surface area contributed by atoms with Gasteiger partial charge in [-0.3, -0.25) is 0 Å². The number of hydrogen-bond donors (Lipinski definition) is 0. The Labute approximate surface area is 134 Å². The van der Waals surface area contributed by atoms with Crippen LogP contribution in [0.2, 0.25) is 10.0 Å². The predicted molar refractivity (Wildman–Crippen MR) is 84.6 cm³/mol. The molecule has 0 aromatic heterocycles. The molecule has 0 aliphatic rings. The molecule has 0 spiro atoms. The van der Waals surface area contributed by atoms with Crippen molar-refractivity contribution in [3.63, 3.8) is 0 Å². The predicted octanol–water partition coefficient (Wildman–Crippen LogP) is 4.60. The van der Waals surface area contributed by atoms with E-state index in [0.29, 0.717) is 29.9 Å². The summed E-state index contributed by atoms with van der Waals surface area (Å²) in [6.45, 7) is 1.42. The Kier molecular flexibility index (Phi) is 6.18. The quantitative estimate of drug-likeness (QED) is 0.696. The van der Waals surface area contributed by atoms with E-state index in [0.717, 1.165) is 17.1 Å². The summed E-state index contributed by atoms with van der Waals surface area (Å²) in [5.74, 6) is 1.46. The van der Waals surface area contributed by atoms with Gasteiger partial charge in [0.05, 0.1) is 6.61 Å². The van der Waals surface area contributed by atoms with Crippen molar-refractivity contribution >= 4 is 23.2 Å². The van der Waals surface area contributed by atoms with Crippen molar-refractivity contribution in [2.24, 2.45) is 0 Å². The summed E-state index contributed by atoms with van der Waals surface area (Å²) in [5, 5.41) is 1.20. The summed E-state index contributed by atoms with van der Waals surface area (Å²) < 4.78 is 16.2. The van der Waals surface area contributed by atoms with E-state index in [9.17, 15) is 0 Å². The first kappa shape index (κ1) is 16.0. The van der Waals surface area contributed by atoms with Gasteiger partial charge in [0.15, 0.2) is 0 Å². The number of benzene rings is 2. The molecule has 0 radical (unpaired) electrons. The van der Waals surface area contributed by atoms with Gasteiger partial charge in [-0.25, -0.2) is 0 Å². The van der Waals surface area contributed by atoms with E-state index in [1.807, 2.05) is 30.3 Å². The van der Waals surface area contributed by atoms with Crippen LogP contribution in [0.15, 0.2) is 42.5 Å². The molecule has 0 saturated heterocycles. The largest absolute Gasteiger partial charge is 0.491 e. The Balaban J connectivity index is 1.95. The van der Waals surface area contributed by atoms with Gasteiger partial charge in [-0.1, -0.05) is 35.3 Å². The molecule has 2 rings (SSSR count). The second-order valence-corrected chi connectivity index (χ2v) is 5.18. The summed E-state index contributed by atoms with van der Waals surface area (Å²) in [5.41, 5.74) is 0.881. The third-order valence-corrected chi connectivity index (χ3v) is 3.36. The third kappa shape index (κ3) is 5.12. The van der Waals surface area contributed by atoms with Gasteiger partial charge in [-0.15, -0.1) is 0 Å². The maximum Gasteiger partial charge on any atom is 0.123 e. The summed E-state index contributed by atoms with van der Waals surface area (Å²) in [4.78, 5) is 0. The average molecular weight is 327 g/mol. The molecule has 0 heterocycles. The van der Waals surface area contributed by atoms with Crippen LogP contribution in [0.25, 0.3) is 0 Å². The number of methoxy groups -OCH3 is 1. The molecule has 0 saturated carbocycles. The molecule has 0 fully saturated rings. The highest BCUT2D eigenvalue weighted by molar-refractivity contribution is 6.35. The lowest BCUT2D eigenvalue weighted by molar-refractivity contribution is 0.146. The number of halogens is 2. The molecule has 2 aromatic rings. The first-order valence-electron chi connectivity index (χ1n) is 6.47. The topological polar surface area (TPSA) is 27.7 Å². The van der Waals surface area contributed by atoms with E-state index in [2.05, 4.69) is 0 Å². The summed E-state index contributed by atoms with van der Waals surface area (Å²) in [6.07, 6.45) is 0. The Bertz CT molecular complexity index is 587. The molecule has 0 aliphatic heterocycles. The second kappa shape index (κ2) is 8.13. The zero-order valence-electron chi connectivity index (χ0n) is 11.6. The van der Waals surface area contributed by atoms with Crippen molar-refractivity contribution in [2.45, 2.75) is 6.61 Å². The molecule has 0 N–H and O–H groups in total. The van der Waals surface area contributed by atoms with E-state index in [-0.39, 0.29) is 0 Å². The van der Waals surface area contributed by atoms with Crippen LogP contribution in [0.3, 0.4) is 0 Å². The van der Waals surface area contributed by atoms with Gasteiger partial charge < -0.3 is 14.2 Å². The molecular weight excluding hydrogens is 311 g/mol. The highest BCUT2D eigenvalue weighted by Crippen LogP contribution is 2.24. The highest BCUT2D eigenvalue weighted by atomic mass is 35.5. The second-order valence-electron chi connectivity index (χ2n) is 4.34. The Morgan fingerprint density at radius 2 is 1.67 bits per heavy atom. The van der Waals surface area contributed by atoms with E-state index in [1.54, 1.807) is 19.2 Å². The minimum Gasteiger partial charge on any atom is -0.491 e. The fourth-order valence-electron chi connectivity index (χ4n) is 1.70. The summed E-state index contributed by atoms with van der Waals surface area (Å²) >= 11 is 12.0. The van der Waals surface area contributed by atoms with Gasteiger partial charge in [0.25, 0.3) is 0 Å². The van der Waals surface area contributed by atoms with Crippen LogP contribution in [-0.2, 0) is 11.3 Å². The lowest BCUT2D eigenvalue weighted by atomic mass is 10.2. The van der Waals surface area contributed by atoms with Crippen molar-refractivity contribution < 1.29 is 14.2 Å². The van der Waals surface area contributed by atoms with Crippen LogP contribution in [0.5, 0.6) is 11.5 Å². The molecule has 5 heteroatoms. The average Bonchev–Trinajstić information content (AvgIpc) is 2.47. The van der Waals surface area contributed by atoms with E-state index in [4.69, 9.17) is 37.4 Å². The van der Waals surface area contributed by atoms with Crippen molar-refractivity contribution in [1.29, 1.82) is 0 Å². The Morgan fingerprint density at radius 1 is 0.905 bits per heavy atom. The van der Waals surface area contributed by atoms with Crippen LogP contribution in [0.4, 0.5) is 0 Å². The molecule has 0 unspecified atom stereocenters. The molecular formula is C16H16Cl2O3. The Morgan fingerprint density at radius 3 is 2.38 bits per heavy atom. The number of rotatable bonds is 7. The SMILES string of the molecule is COCCOc1cccc(OCc2ccc(Cl)cc2Cl)c1. The fourth-order valence-corrected chi connectivity index (χ4v) is 2.16. The molecule has 0 atom stereocenters. The fraction of sp³-hybridized carbons (Fsp3) is 0.250. The maximum absolute atomic E-state index is 6.11. The van der Waals surface area contributed by atoms with Gasteiger partial charge in [-0.2, -0.15) is 0 Å². The lowest BCUT2D eigenvalue weighted by Crippen LogP contribution is -2.04. The number of hydrogen-bond acceptors (Lipinski definition) is 3. The maximum atomic E-state index is 6.11. The van der Waals surface area contributed by atoms with Crippen molar-refractivity contribution in [3.8, 4) is 11.5 Å². The third-order valence-electron chi connectivity index (χ3n) is 2.77. The van der Waals surface area contributed by atoms with Crippen LogP contribution in [-0.4, -0.2) is 20.3 Å². The van der Waals surface area contributed by atoms with Crippen molar-refractivity contribution in [2.75, 3.05) is 20.3 Å². The summed E-state index contributed by atoms with van der Waals surface area (Å²) in [6, 6.07) is 12.8. The van der Waals surface area contributed by atoms with Crippen LogP contribution < -0.4 is 9.47 Å². The van der Waals surface area contributed by atoms with Crippen LogP contribution in [0.1, 0.15) is 5.56 Å². The van der Waals surface area contributed by atoms with Crippen LogP contribution >= 0.6 is 23.2 Å². The molecule has 3 nitrogen and oxygen atoms in total. The monoisotopic (exact) mass is 326 g/mol.